The van der Waals surface area contributed by atoms with E-state index < -0.39 is 15.9 Å². The highest BCUT2D eigenvalue weighted by Gasteiger charge is 2.27. The van der Waals surface area contributed by atoms with Crippen molar-refractivity contribution in [1.82, 2.24) is 0 Å². The van der Waals surface area contributed by atoms with Crippen molar-refractivity contribution in [2.45, 2.75) is 38.0 Å². The number of nitrogens with zero attached hydrogens (tertiary/aromatic N) is 1. The smallest absolute Gasteiger partial charge is 0.264 e. The summed E-state index contributed by atoms with van der Waals surface area (Å²) in [5.41, 5.74) is 3.12. The summed E-state index contributed by atoms with van der Waals surface area (Å²) in [6, 6.07) is 30.2. The lowest BCUT2D eigenvalue weighted by Crippen LogP contribution is -2.38. The lowest BCUT2D eigenvalue weighted by Gasteiger charge is -2.24. The van der Waals surface area contributed by atoms with Gasteiger partial charge < -0.3 is 10.1 Å². The fourth-order valence-electron chi connectivity index (χ4n) is 3.92. The summed E-state index contributed by atoms with van der Waals surface area (Å²) in [6.07, 6.45) is 3.20. The third kappa shape index (κ3) is 7.01. The van der Waals surface area contributed by atoms with Crippen LogP contribution in [0.25, 0.3) is 0 Å². The number of sulfonamides is 1. The summed E-state index contributed by atoms with van der Waals surface area (Å²) < 4.78 is 34.3. The van der Waals surface area contributed by atoms with E-state index in [1.54, 1.807) is 48.5 Å². The molecule has 0 aliphatic rings. The van der Waals surface area contributed by atoms with Gasteiger partial charge in [-0.1, -0.05) is 61.4 Å². The molecule has 1 amide bonds. The predicted molar refractivity (Wildman–Crippen MR) is 152 cm³/mol. The number of benzene rings is 4. The largest absolute Gasteiger partial charge is 0.457 e. The fourth-order valence-corrected chi connectivity index (χ4v) is 5.35. The number of hydrogen-bond acceptors (Lipinski definition) is 4. The first-order chi connectivity index (χ1) is 18.3. The molecule has 38 heavy (non-hydrogen) atoms. The summed E-state index contributed by atoms with van der Waals surface area (Å²) in [6.45, 7) is 3.65. The van der Waals surface area contributed by atoms with Gasteiger partial charge in [-0.05, 0) is 86.0 Å². The zero-order valence-electron chi connectivity index (χ0n) is 21.6. The molecule has 4 aromatic carbocycles. The molecule has 4 aromatic rings. The van der Waals surface area contributed by atoms with Crippen LogP contribution in [-0.4, -0.2) is 20.9 Å². The monoisotopic (exact) mass is 528 g/mol. The van der Waals surface area contributed by atoms with Crippen molar-refractivity contribution < 1.29 is 17.9 Å². The molecule has 196 valence electrons. The molecule has 0 radical (unpaired) electrons. The molecular weight excluding hydrogens is 496 g/mol. The molecule has 7 heteroatoms. The predicted octanol–water partition coefficient (Wildman–Crippen LogP) is 6.96. The Balaban J connectivity index is 1.56. The number of unbranched alkanes of at least 4 members (excludes halogenated alkanes) is 1. The van der Waals surface area contributed by atoms with Gasteiger partial charge >= 0.3 is 0 Å². The van der Waals surface area contributed by atoms with Gasteiger partial charge in [0.1, 0.15) is 18.0 Å². The second-order valence-corrected chi connectivity index (χ2v) is 10.9. The normalized spacial score (nSPS) is 11.1. The number of rotatable bonds is 11. The molecule has 0 atom stereocenters. The number of para-hydroxylation sites is 1. The van der Waals surface area contributed by atoms with Gasteiger partial charge in [-0.15, -0.1) is 0 Å². The number of amides is 1. The summed E-state index contributed by atoms with van der Waals surface area (Å²) in [7, 11) is -4.02. The number of nitrogens with one attached hydrogen (secondary N) is 1. The highest BCUT2D eigenvalue weighted by atomic mass is 32.2. The maximum Gasteiger partial charge on any atom is 0.264 e. The zero-order chi connectivity index (χ0) is 27.0. The van der Waals surface area contributed by atoms with E-state index in [1.807, 2.05) is 61.5 Å². The number of hydrogen-bond donors (Lipinski definition) is 1. The Hall–Kier alpha value is -4.10. The number of anilines is 2. The molecule has 6 nitrogen and oxygen atoms in total. The first-order valence-electron chi connectivity index (χ1n) is 12.7. The Bertz CT molecular complexity index is 1440. The lowest BCUT2D eigenvalue weighted by atomic mass is 10.1. The number of carbonyl (C=O) groups is 1. The summed E-state index contributed by atoms with van der Waals surface area (Å²) in [5, 5.41) is 2.83. The molecule has 0 unspecified atom stereocenters. The van der Waals surface area contributed by atoms with Crippen LogP contribution in [0, 0.1) is 6.92 Å². The molecule has 0 aliphatic carbocycles. The van der Waals surface area contributed by atoms with Gasteiger partial charge in [0.15, 0.2) is 0 Å². The highest BCUT2D eigenvalue weighted by molar-refractivity contribution is 7.92. The zero-order valence-corrected chi connectivity index (χ0v) is 22.4. The van der Waals surface area contributed by atoms with Crippen LogP contribution >= 0.6 is 0 Å². The molecular formula is C31H32N2O4S. The van der Waals surface area contributed by atoms with Crippen LogP contribution in [-0.2, 0) is 21.2 Å². The Morgan fingerprint density at radius 1 is 0.816 bits per heavy atom. The third-order valence-corrected chi connectivity index (χ3v) is 7.84. The lowest BCUT2D eigenvalue weighted by molar-refractivity contribution is -0.114. The van der Waals surface area contributed by atoms with Crippen molar-refractivity contribution in [2.24, 2.45) is 0 Å². The molecule has 0 saturated carbocycles. The quantitative estimate of drug-likeness (QED) is 0.228. The minimum atomic E-state index is -4.02. The van der Waals surface area contributed by atoms with Gasteiger partial charge in [0.2, 0.25) is 5.91 Å². The van der Waals surface area contributed by atoms with Crippen molar-refractivity contribution in [3.8, 4) is 11.5 Å². The first-order valence-corrected chi connectivity index (χ1v) is 14.1. The van der Waals surface area contributed by atoms with E-state index in [-0.39, 0.29) is 11.4 Å². The fraction of sp³-hybridized carbons (Fsp3) is 0.194. The topological polar surface area (TPSA) is 75.7 Å². The molecule has 0 bridgehead atoms. The number of carbonyl (C=O) groups excluding carboxylic acids is 1. The molecule has 1 N–H and O–H groups in total. The average Bonchev–Trinajstić information content (AvgIpc) is 2.93. The first kappa shape index (κ1) is 26.9. The van der Waals surface area contributed by atoms with Crippen molar-refractivity contribution in [2.75, 3.05) is 16.2 Å². The van der Waals surface area contributed by atoms with Gasteiger partial charge in [-0.2, -0.15) is 0 Å². The van der Waals surface area contributed by atoms with Crippen LogP contribution in [0.3, 0.4) is 0 Å². The minimum absolute atomic E-state index is 0.112. The molecule has 0 aliphatic heterocycles. The van der Waals surface area contributed by atoms with Crippen LogP contribution in [0.4, 0.5) is 11.4 Å². The maximum absolute atomic E-state index is 13.7. The Kier molecular flexibility index (Phi) is 8.81. The van der Waals surface area contributed by atoms with Crippen LogP contribution in [0.2, 0.25) is 0 Å². The van der Waals surface area contributed by atoms with Crippen LogP contribution < -0.4 is 14.4 Å². The van der Waals surface area contributed by atoms with Crippen LogP contribution in [0.15, 0.2) is 108 Å². The Labute approximate surface area is 225 Å². The van der Waals surface area contributed by atoms with E-state index in [0.29, 0.717) is 22.9 Å². The second-order valence-electron chi connectivity index (χ2n) is 9.08. The van der Waals surface area contributed by atoms with Gasteiger partial charge in [0.05, 0.1) is 10.6 Å². The van der Waals surface area contributed by atoms with E-state index in [1.165, 1.54) is 5.56 Å². The van der Waals surface area contributed by atoms with Crippen LogP contribution in [0.1, 0.15) is 30.9 Å². The van der Waals surface area contributed by atoms with Gasteiger partial charge in [0.25, 0.3) is 10.0 Å². The second kappa shape index (κ2) is 12.4. The minimum Gasteiger partial charge on any atom is -0.457 e. The number of aryl methyl sites for hydroxylation is 2. The van der Waals surface area contributed by atoms with E-state index in [0.717, 1.165) is 29.1 Å². The molecule has 0 saturated heterocycles. The van der Waals surface area contributed by atoms with E-state index in [9.17, 15) is 13.2 Å². The van der Waals surface area contributed by atoms with Gasteiger partial charge in [0, 0.05) is 5.69 Å². The molecule has 0 spiro atoms. The molecule has 0 aromatic heterocycles. The Morgan fingerprint density at radius 2 is 1.45 bits per heavy atom. The van der Waals surface area contributed by atoms with Crippen LogP contribution in [0.5, 0.6) is 11.5 Å². The van der Waals surface area contributed by atoms with Crippen molar-refractivity contribution in [1.29, 1.82) is 0 Å². The Morgan fingerprint density at radius 3 is 2.08 bits per heavy atom. The summed E-state index contributed by atoms with van der Waals surface area (Å²) in [5.74, 6) is 0.788. The van der Waals surface area contributed by atoms with E-state index in [4.69, 9.17) is 4.74 Å². The molecule has 0 heterocycles. The van der Waals surface area contributed by atoms with Gasteiger partial charge in [-0.3, -0.25) is 9.10 Å². The van der Waals surface area contributed by atoms with Gasteiger partial charge in [-0.25, -0.2) is 8.42 Å². The third-order valence-electron chi connectivity index (χ3n) is 6.06. The van der Waals surface area contributed by atoms with Crippen molar-refractivity contribution in [3.05, 3.63) is 114 Å². The SMILES string of the molecule is CCCCc1ccc(NC(=O)CN(c2ccc(Oc3ccccc3)cc2)S(=O)(=O)c2ccc(C)cc2)cc1. The van der Waals surface area contributed by atoms with E-state index >= 15 is 0 Å². The standard InChI is InChI=1S/C31H32N2O4S/c1-3-4-8-25-13-15-26(16-14-25)32-31(34)23-33(38(35,36)30-21-11-24(2)12-22-30)27-17-19-29(20-18-27)37-28-9-6-5-7-10-28/h5-7,9-22H,3-4,8,23H2,1-2H3,(H,32,34). The summed E-state index contributed by atoms with van der Waals surface area (Å²) >= 11 is 0. The van der Waals surface area contributed by atoms with Crippen molar-refractivity contribution in [3.63, 3.8) is 0 Å². The molecule has 0 fully saturated rings. The number of ether oxygens (including phenoxy) is 1. The van der Waals surface area contributed by atoms with Crippen molar-refractivity contribution >= 4 is 27.3 Å². The maximum atomic E-state index is 13.7. The summed E-state index contributed by atoms with van der Waals surface area (Å²) in [4.78, 5) is 13.2. The average molecular weight is 529 g/mol. The highest BCUT2D eigenvalue weighted by Crippen LogP contribution is 2.28. The molecule has 4 rings (SSSR count). The van der Waals surface area contributed by atoms with E-state index in [2.05, 4.69) is 12.2 Å².